The Bertz CT molecular complexity index is 384. The minimum atomic E-state index is -0.458. The Kier molecular flexibility index (Phi) is 3.70. The Morgan fingerprint density at radius 1 is 1.26 bits per heavy atom. The molecule has 2 saturated heterocycles. The van der Waals surface area contributed by atoms with Crippen LogP contribution in [0.3, 0.4) is 0 Å². The van der Waals surface area contributed by atoms with Gasteiger partial charge in [-0.05, 0) is 20.8 Å². The first-order valence-corrected chi connectivity index (χ1v) is 6.71. The second-order valence-corrected chi connectivity index (χ2v) is 6.20. The van der Waals surface area contributed by atoms with Gasteiger partial charge in [0.2, 0.25) is 0 Å². The topological polar surface area (TPSA) is 68.6 Å². The molecule has 6 nitrogen and oxygen atoms in total. The third-order valence-electron chi connectivity index (χ3n) is 3.58. The summed E-state index contributed by atoms with van der Waals surface area (Å²) in [7, 11) is 0. The van der Waals surface area contributed by atoms with Crippen LogP contribution in [0.2, 0.25) is 0 Å². The number of carbonyl (C=O) groups excluding carboxylic acids is 1. The van der Waals surface area contributed by atoms with Crippen LogP contribution in [0.15, 0.2) is 0 Å². The standard InChI is InChI=1S/C13H22N4O2/c1-12(2,3)19-11(18)16-4-6-17(7-5-16)13(8-14)9-15-10-13/h15H,4-7,9-10H2,1-3H3. The van der Waals surface area contributed by atoms with Crippen molar-refractivity contribution in [2.24, 2.45) is 0 Å². The zero-order valence-corrected chi connectivity index (χ0v) is 11.9. The second kappa shape index (κ2) is 4.99. The van der Waals surface area contributed by atoms with Crippen LogP contribution in [0.25, 0.3) is 0 Å². The highest BCUT2D eigenvalue weighted by Crippen LogP contribution is 2.22. The van der Waals surface area contributed by atoms with Gasteiger partial charge >= 0.3 is 6.09 Å². The lowest BCUT2D eigenvalue weighted by Gasteiger charge is -2.48. The molecular formula is C13H22N4O2. The van der Waals surface area contributed by atoms with E-state index in [4.69, 9.17) is 4.74 Å². The van der Waals surface area contributed by atoms with E-state index in [1.54, 1.807) is 4.90 Å². The van der Waals surface area contributed by atoms with Crippen molar-refractivity contribution >= 4 is 6.09 Å². The molecule has 2 heterocycles. The molecular weight excluding hydrogens is 244 g/mol. The van der Waals surface area contributed by atoms with E-state index in [-0.39, 0.29) is 11.6 Å². The number of rotatable bonds is 1. The largest absolute Gasteiger partial charge is 0.444 e. The zero-order valence-electron chi connectivity index (χ0n) is 11.9. The summed E-state index contributed by atoms with van der Waals surface area (Å²) < 4.78 is 5.36. The third kappa shape index (κ3) is 2.99. The Balaban J connectivity index is 1.86. The fourth-order valence-corrected chi connectivity index (χ4v) is 2.38. The summed E-state index contributed by atoms with van der Waals surface area (Å²) in [6, 6.07) is 2.40. The maximum Gasteiger partial charge on any atom is 0.410 e. The maximum atomic E-state index is 11.9. The van der Waals surface area contributed by atoms with Gasteiger partial charge in [-0.2, -0.15) is 5.26 Å². The summed E-state index contributed by atoms with van der Waals surface area (Å²) in [4.78, 5) is 15.8. The second-order valence-electron chi connectivity index (χ2n) is 6.20. The normalized spacial score (nSPS) is 23.4. The highest BCUT2D eigenvalue weighted by molar-refractivity contribution is 5.68. The van der Waals surface area contributed by atoms with E-state index in [9.17, 15) is 10.1 Å². The summed E-state index contributed by atoms with van der Waals surface area (Å²) in [5.74, 6) is 0. The highest BCUT2D eigenvalue weighted by atomic mass is 16.6. The molecule has 0 saturated carbocycles. The maximum absolute atomic E-state index is 11.9. The molecule has 6 heteroatoms. The first-order chi connectivity index (χ1) is 8.86. The molecule has 19 heavy (non-hydrogen) atoms. The van der Waals surface area contributed by atoms with Crippen LogP contribution in [-0.2, 0) is 4.74 Å². The number of nitriles is 1. The molecule has 2 aliphatic heterocycles. The van der Waals surface area contributed by atoms with Crippen molar-refractivity contribution in [3.05, 3.63) is 0 Å². The Labute approximate surface area is 114 Å². The lowest BCUT2D eigenvalue weighted by atomic mass is 9.91. The van der Waals surface area contributed by atoms with E-state index in [0.29, 0.717) is 13.1 Å². The number of amides is 1. The monoisotopic (exact) mass is 266 g/mol. The van der Waals surface area contributed by atoms with E-state index < -0.39 is 5.60 Å². The fourth-order valence-electron chi connectivity index (χ4n) is 2.38. The van der Waals surface area contributed by atoms with Gasteiger partial charge in [0.1, 0.15) is 11.1 Å². The van der Waals surface area contributed by atoms with Crippen molar-refractivity contribution in [3.63, 3.8) is 0 Å². The minimum absolute atomic E-state index is 0.259. The van der Waals surface area contributed by atoms with E-state index >= 15 is 0 Å². The molecule has 0 aromatic rings. The third-order valence-corrected chi connectivity index (χ3v) is 3.58. The van der Waals surface area contributed by atoms with Crippen LogP contribution >= 0.6 is 0 Å². The van der Waals surface area contributed by atoms with E-state index in [1.807, 2.05) is 20.8 Å². The van der Waals surface area contributed by atoms with Crippen molar-refractivity contribution in [3.8, 4) is 6.07 Å². The summed E-state index contributed by atoms with van der Waals surface area (Å²) in [6.07, 6.45) is -0.259. The van der Waals surface area contributed by atoms with Crippen molar-refractivity contribution in [1.82, 2.24) is 15.1 Å². The van der Waals surface area contributed by atoms with Crippen molar-refractivity contribution in [1.29, 1.82) is 5.26 Å². The number of piperazine rings is 1. The highest BCUT2D eigenvalue weighted by Gasteiger charge is 2.44. The lowest BCUT2D eigenvalue weighted by Crippen LogP contribution is -2.71. The molecule has 106 valence electrons. The molecule has 0 aromatic carbocycles. The van der Waals surface area contributed by atoms with Crippen LogP contribution in [0.5, 0.6) is 0 Å². The smallest absolute Gasteiger partial charge is 0.410 e. The Morgan fingerprint density at radius 3 is 2.21 bits per heavy atom. The number of ether oxygens (including phenoxy) is 1. The zero-order chi connectivity index (χ0) is 14.1. The lowest BCUT2D eigenvalue weighted by molar-refractivity contribution is -0.00277. The Hall–Kier alpha value is -1.32. The van der Waals surface area contributed by atoms with E-state index in [0.717, 1.165) is 26.2 Å². The van der Waals surface area contributed by atoms with Crippen molar-refractivity contribution in [2.75, 3.05) is 39.3 Å². The molecule has 1 N–H and O–H groups in total. The minimum Gasteiger partial charge on any atom is -0.444 e. The number of hydrogen-bond donors (Lipinski definition) is 1. The van der Waals surface area contributed by atoms with Gasteiger partial charge in [-0.25, -0.2) is 4.79 Å². The van der Waals surface area contributed by atoms with Crippen LogP contribution in [-0.4, -0.2) is 66.3 Å². The van der Waals surface area contributed by atoms with Crippen molar-refractivity contribution < 1.29 is 9.53 Å². The fraction of sp³-hybridized carbons (Fsp3) is 0.846. The molecule has 0 aliphatic carbocycles. The molecule has 0 unspecified atom stereocenters. The van der Waals surface area contributed by atoms with Crippen LogP contribution in [0.1, 0.15) is 20.8 Å². The first kappa shape index (κ1) is 14.1. The van der Waals surface area contributed by atoms with Gasteiger partial charge in [0.15, 0.2) is 0 Å². The van der Waals surface area contributed by atoms with Gasteiger partial charge in [0.05, 0.1) is 6.07 Å². The van der Waals surface area contributed by atoms with Gasteiger partial charge in [0, 0.05) is 39.3 Å². The summed E-state index contributed by atoms with van der Waals surface area (Å²) in [6.45, 7) is 9.75. The van der Waals surface area contributed by atoms with Gasteiger partial charge in [-0.3, -0.25) is 4.90 Å². The van der Waals surface area contributed by atoms with Gasteiger partial charge < -0.3 is 15.0 Å². The van der Waals surface area contributed by atoms with Crippen LogP contribution in [0, 0.1) is 11.3 Å². The molecule has 0 atom stereocenters. The number of carbonyl (C=O) groups is 1. The molecule has 1 amide bonds. The van der Waals surface area contributed by atoms with Crippen molar-refractivity contribution in [2.45, 2.75) is 31.9 Å². The predicted molar refractivity (Wildman–Crippen MR) is 70.6 cm³/mol. The van der Waals surface area contributed by atoms with Gasteiger partial charge in [-0.15, -0.1) is 0 Å². The van der Waals surface area contributed by atoms with Crippen LogP contribution < -0.4 is 5.32 Å². The predicted octanol–water partition coefficient (Wildman–Crippen LogP) is 0.405. The number of nitrogens with one attached hydrogen (secondary N) is 1. The average Bonchev–Trinajstić information content (AvgIpc) is 2.27. The Morgan fingerprint density at radius 2 is 1.84 bits per heavy atom. The number of nitrogens with zero attached hydrogens (tertiary/aromatic N) is 3. The molecule has 0 spiro atoms. The van der Waals surface area contributed by atoms with Gasteiger partial charge in [0.25, 0.3) is 0 Å². The summed E-state index contributed by atoms with van der Waals surface area (Å²) in [5.41, 5.74) is -0.819. The quantitative estimate of drug-likeness (QED) is 0.744. The average molecular weight is 266 g/mol. The SMILES string of the molecule is CC(C)(C)OC(=O)N1CCN(C2(C#N)CNC2)CC1. The molecule has 2 fully saturated rings. The number of hydrogen-bond acceptors (Lipinski definition) is 5. The molecule has 2 rings (SSSR count). The van der Waals surface area contributed by atoms with E-state index in [2.05, 4.69) is 16.3 Å². The summed E-state index contributed by atoms with van der Waals surface area (Å²) in [5, 5.41) is 12.4. The van der Waals surface area contributed by atoms with Gasteiger partial charge in [-0.1, -0.05) is 0 Å². The molecule has 0 aromatic heterocycles. The van der Waals surface area contributed by atoms with E-state index in [1.165, 1.54) is 0 Å². The summed E-state index contributed by atoms with van der Waals surface area (Å²) >= 11 is 0. The first-order valence-electron chi connectivity index (χ1n) is 6.71. The van der Waals surface area contributed by atoms with Crippen LogP contribution in [0.4, 0.5) is 4.79 Å². The molecule has 2 aliphatic rings. The molecule has 0 bridgehead atoms. The molecule has 0 radical (unpaired) electrons.